The molecule has 4 rings (SSSR count). The Labute approximate surface area is 163 Å². The molecule has 0 spiro atoms. The molecule has 1 aromatic heterocycles. The zero-order chi connectivity index (χ0) is 19.5. The Balaban J connectivity index is 1.39. The molecule has 1 aliphatic rings. The molecule has 0 aliphatic carbocycles. The highest BCUT2D eigenvalue weighted by molar-refractivity contribution is 6.00. The molecule has 2 heterocycles. The molecule has 0 radical (unpaired) electrons. The first-order valence-electron chi connectivity index (χ1n) is 9.28. The standard InChI is InChI=1S/C22H21N3O3/c1-16(21(26)25-12-11-18-9-5-6-10-20(18)25)28-22(27)19-13-23-24(15-19)14-17-7-3-2-4-8-17/h2-10,13,15-16H,11-12,14H2,1H3. The number of rotatable bonds is 5. The molecule has 6 heteroatoms. The molecule has 0 fully saturated rings. The van der Waals surface area contributed by atoms with Gasteiger partial charge in [0.05, 0.1) is 18.3 Å². The summed E-state index contributed by atoms with van der Waals surface area (Å²) in [6.45, 7) is 2.78. The third kappa shape index (κ3) is 3.67. The maximum Gasteiger partial charge on any atom is 0.342 e. The molecule has 0 N–H and O–H groups in total. The van der Waals surface area contributed by atoms with Crippen molar-refractivity contribution in [1.82, 2.24) is 9.78 Å². The molecule has 1 unspecified atom stereocenters. The van der Waals surface area contributed by atoms with Crippen LogP contribution < -0.4 is 4.90 Å². The molecule has 1 amide bonds. The van der Waals surface area contributed by atoms with E-state index >= 15 is 0 Å². The van der Waals surface area contributed by atoms with E-state index in [1.807, 2.05) is 54.6 Å². The molecule has 3 aromatic rings. The van der Waals surface area contributed by atoms with Crippen LogP contribution >= 0.6 is 0 Å². The van der Waals surface area contributed by atoms with E-state index in [0.29, 0.717) is 18.7 Å². The van der Waals surface area contributed by atoms with Crippen LogP contribution in [0.5, 0.6) is 0 Å². The molecule has 28 heavy (non-hydrogen) atoms. The van der Waals surface area contributed by atoms with Crippen molar-refractivity contribution in [1.29, 1.82) is 0 Å². The number of aromatic nitrogens is 2. The smallest absolute Gasteiger partial charge is 0.342 e. The van der Waals surface area contributed by atoms with Crippen LogP contribution in [0.1, 0.15) is 28.4 Å². The normalized spacial score (nSPS) is 13.8. The Hall–Kier alpha value is -3.41. The van der Waals surface area contributed by atoms with E-state index in [1.54, 1.807) is 22.7 Å². The van der Waals surface area contributed by atoms with Crippen LogP contribution in [-0.2, 0) is 22.5 Å². The van der Waals surface area contributed by atoms with Gasteiger partial charge in [-0.15, -0.1) is 0 Å². The van der Waals surface area contributed by atoms with Gasteiger partial charge in [-0.25, -0.2) is 4.79 Å². The van der Waals surface area contributed by atoms with Crippen molar-refractivity contribution >= 4 is 17.6 Å². The number of amides is 1. The van der Waals surface area contributed by atoms with Gasteiger partial charge in [0.1, 0.15) is 0 Å². The second-order valence-corrected chi connectivity index (χ2v) is 6.83. The van der Waals surface area contributed by atoms with E-state index in [0.717, 1.165) is 23.2 Å². The predicted molar refractivity (Wildman–Crippen MR) is 105 cm³/mol. The number of ether oxygens (including phenoxy) is 1. The number of hydrogen-bond donors (Lipinski definition) is 0. The lowest BCUT2D eigenvalue weighted by atomic mass is 10.2. The van der Waals surface area contributed by atoms with Crippen LogP contribution in [0.15, 0.2) is 67.0 Å². The number of carbonyl (C=O) groups is 2. The summed E-state index contributed by atoms with van der Waals surface area (Å²) in [6, 6.07) is 17.7. The fraction of sp³-hybridized carbons (Fsp3) is 0.227. The third-order valence-corrected chi connectivity index (χ3v) is 4.84. The number of hydrogen-bond acceptors (Lipinski definition) is 4. The van der Waals surface area contributed by atoms with Crippen molar-refractivity contribution in [3.63, 3.8) is 0 Å². The fourth-order valence-corrected chi connectivity index (χ4v) is 3.39. The first-order valence-corrected chi connectivity index (χ1v) is 9.28. The number of anilines is 1. The van der Waals surface area contributed by atoms with Crippen LogP contribution in [0.4, 0.5) is 5.69 Å². The van der Waals surface area contributed by atoms with E-state index in [-0.39, 0.29) is 5.91 Å². The maximum atomic E-state index is 12.7. The summed E-state index contributed by atoms with van der Waals surface area (Å²) in [5, 5.41) is 4.21. The zero-order valence-electron chi connectivity index (χ0n) is 15.6. The summed E-state index contributed by atoms with van der Waals surface area (Å²) in [7, 11) is 0. The zero-order valence-corrected chi connectivity index (χ0v) is 15.6. The van der Waals surface area contributed by atoms with Crippen molar-refractivity contribution in [2.45, 2.75) is 26.0 Å². The summed E-state index contributed by atoms with van der Waals surface area (Å²) in [5.74, 6) is -0.761. The molecule has 1 atom stereocenters. The topological polar surface area (TPSA) is 64.4 Å². The van der Waals surface area contributed by atoms with Gasteiger partial charge in [0.25, 0.3) is 5.91 Å². The number of fused-ring (bicyclic) bond motifs is 1. The van der Waals surface area contributed by atoms with Crippen molar-refractivity contribution < 1.29 is 14.3 Å². The van der Waals surface area contributed by atoms with Crippen molar-refractivity contribution in [2.75, 3.05) is 11.4 Å². The van der Waals surface area contributed by atoms with E-state index in [9.17, 15) is 9.59 Å². The van der Waals surface area contributed by atoms with E-state index in [4.69, 9.17) is 4.74 Å². The lowest BCUT2D eigenvalue weighted by Crippen LogP contribution is -2.39. The van der Waals surface area contributed by atoms with Crippen LogP contribution in [0.2, 0.25) is 0 Å². The molecule has 2 aromatic carbocycles. The van der Waals surface area contributed by atoms with Gasteiger partial charge in [0.15, 0.2) is 6.10 Å². The first kappa shape index (κ1) is 18.0. The monoisotopic (exact) mass is 375 g/mol. The molecule has 1 aliphatic heterocycles. The van der Waals surface area contributed by atoms with Gasteiger partial charge in [-0.3, -0.25) is 9.48 Å². The van der Waals surface area contributed by atoms with E-state index < -0.39 is 12.1 Å². The largest absolute Gasteiger partial charge is 0.449 e. The average molecular weight is 375 g/mol. The lowest BCUT2D eigenvalue weighted by Gasteiger charge is -2.21. The van der Waals surface area contributed by atoms with Crippen molar-refractivity contribution in [2.24, 2.45) is 0 Å². The Bertz CT molecular complexity index is 997. The molecule has 142 valence electrons. The molecule has 0 bridgehead atoms. The second kappa shape index (κ2) is 7.68. The highest BCUT2D eigenvalue weighted by Gasteiger charge is 2.30. The highest BCUT2D eigenvalue weighted by atomic mass is 16.5. The third-order valence-electron chi connectivity index (χ3n) is 4.84. The molecule has 6 nitrogen and oxygen atoms in total. The predicted octanol–water partition coefficient (Wildman–Crippen LogP) is 3.07. The van der Waals surface area contributed by atoms with Crippen LogP contribution in [-0.4, -0.2) is 34.3 Å². The number of carbonyl (C=O) groups excluding carboxylic acids is 2. The van der Waals surface area contributed by atoms with Crippen molar-refractivity contribution in [3.8, 4) is 0 Å². The Morgan fingerprint density at radius 3 is 2.68 bits per heavy atom. The van der Waals surface area contributed by atoms with Gasteiger partial charge < -0.3 is 9.64 Å². The maximum absolute atomic E-state index is 12.7. The van der Waals surface area contributed by atoms with Crippen LogP contribution in [0.25, 0.3) is 0 Å². The molecule has 0 saturated carbocycles. The minimum Gasteiger partial charge on any atom is -0.449 e. The van der Waals surface area contributed by atoms with Gasteiger partial charge in [0.2, 0.25) is 0 Å². The Morgan fingerprint density at radius 1 is 1.11 bits per heavy atom. The Morgan fingerprint density at radius 2 is 1.86 bits per heavy atom. The molecular weight excluding hydrogens is 354 g/mol. The van der Waals surface area contributed by atoms with Crippen molar-refractivity contribution in [3.05, 3.63) is 83.7 Å². The minimum absolute atomic E-state index is 0.213. The average Bonchev–Trinajstić information content (AvgIpc) is 3.35. The summed E-state index contributed by atoms with van der Waals surface area (Å²) in [4.78, 5) is 26.9. The molecule has 0 saturated heterocycles. The Kier molecular flexibility index (Phi) is 4.93. The lowest BCUT2D eigenvalue weighted by molar-refractivity contribution is -0.126. The fourth-order valence-electron chi connectivity index (χ4n) is 3.39. The van der Waals surface area contributed by atoms with Gasteiger partial charge in [0, 0.05) is 18.4 Å². The van der Waals surface area contributed by atoms with E-state index in [1.165, 1.54) is 6.20 Å². The summed E-state index contributed by atoms with van der Waals surface area (Å²) in [5.41, 5.74) is 3.45. The number of nitrogens with zero attached hydrogens (tertiary/aromatic N) is 3. The number of benzene rings is 2. The van der Waals surface area contributed by atoms with Gasteiger partial charge >= 0.3 is 5.97 Å². The number of para-hydroxylation sites is 1. The van der Waals surface area contributed by atoms with Gasteiger partial charge in [-0.2, -0.15) is 5.10 Å². The quantitative estimate of drug-likeness (QED) is 0.643. The summed E-state index contributed by atoms with van der Waals surface area (Å²) >= 11 is 0. The summed E-state index contributed by atoms with van der Waals surface area (Å²) < 4.78 is 7.08. The van der Waals surface area contributed by atoms with Gasteiger partial charge in [-0.1, -0.05) is 48.5 Å². The SMILES string of the molecule is CC(OC(=O)c1cnn(Cc2ccccc2)c1)C(=O)N1CCc2ccccc21. The second-order valence-electron chi connectivity index (χ2n) is 6.83. The van der Waals surface area contributed by atoms with Crippen LogP contribution in [0, 0.1) is 0 Å². The van der Waals surface area contributed by atoms with Gasteiger partial charge in [-0.05, 0) is 30.5 Å². The van der Waals surface area contributed by atoms with Crippen LogP contribution in [0.3, 0.4) is 0 Å². The van der Waals surface area contributed by atoms with E-state index in [2.05, 4.69) is 5.10 Å². The minimum atomic E-state index is -0.865. The number of esters is 1. The molecular formula is C22H21N3O3. The summed E-state index contributed by atoms with van der Waals surface area (Å²) in [6.07, 6.45) is 3.05. The first-order chi connectivity index (χ1) is 13.6. The highest BCUT2D eigenvalue weighted by Crippen LogP contribution is 2.28.